The topological polar surface area (TPSA) is 63.4 Å². The maximum absolute atomic E-state index is 12.6. The van der Waals surface area contributed by atoms with E-state index in [1.54, 1.807) is 4.31 Å². The van der Waals surface area contributed by atoms with Gasteiger partial charge in [-0.3, -0.25) is 0 Å². The summed E-state index contributed by atoms with van der Waals surface area (Å²) in [6.45, 7) is 5.53. The van der Waals surface area contributed by atoms with Crippen molar-refractivity contribution in [3.05, 3.63) is 23.2 Å². The first-order valence-electron chi connectivity index (χ1n) is 6.87. The van der Waals surface area contributed by atoms with Gasteiger partial charge in [-0.15, -0.1) is 0 Å². The second-order valence-electron chi connectivity index (χ2n) is 5.67. The lowest BCUT2D eigenvalue weighted by atomic mass is 9.87. The van der Waals surface area contributed by atoms with E-state index < -0.39 is 10.0 Å². The molecule has 1 saturated heterocycles. The Morgan fingerprint density at radius 2 is 1.90 bits per heavy atom. The van der Waals surface area contributed by atoms with Gasteiger partial charge in [0.15, 0.2) is 0 Å². The zero-order valence-electron chi connectivity index (χ0n) is 11.8. The van der Waals surface area contributed by atoms with Gasteiger partial charge in [0.2, 0.25) is 10.0 Å². The Morgan fingerprint density at radius 1 is 1.30 bits per heavy atom. The highest BCUT2D eigenvalue weighted by Crippen LogP contribution is 2.29. The molecule has 1 fully saturated rings. The number of benzene rings is 1. The quantitative estimate of drug-likeness (QED) is 0.872. The first-order chi connectivity index (χ1) is 9.32. The molecule has 0 atom stereocenters. The zero-order valence-corrected chi connectivity index (χ0v) is 13.4. The second-order valence-corrected chi connectivity index (χ2v) is 8.01. The maximum Gasteiger partial charge on any atom is 0.243 e. The molecular formula is C14H21ClN2O2S. The molecule has 0 aliphatic carbocycles. The minimum Gasteiger partial charge on any atom is -0.397 e. The van der Waals surface area contributed by atoms with Crippen LogP contribution in [0.25, 0.3) is 0 Å². The summed E-state index contributed by atoms with van der Waals surface area (Å²) in [4.78, 5) is 0.224. The van der Waals surface area contributed by atoms with E-state index in [-0.39, 0.29) is 4.90 Å². The molecule has 1 aliphatic heterocycles. The highest BCUT2D eigenvalue weighted by molar-refractivity contribution is 7.89. The Bertz CT molecular complexity index is 579. The Labute approximate surface area is 126 Å². The van der Waals surface area contributed by atoms with Crippen LogP contribution in [0.4, 0.5) is 5.69 Å². The van der Waals surface area contributed by atoms with E-state index in [0.717, 1.165) is 12.8 Å². The number of hydrogen-bond acceptors (Lipinski definition) is 3. The minimum absolute atomic E-state index is 0.224. The van der Waals surface area contributed by atoms with Crippen LogP contribution in [-0.4, -0.2) is 25.8 Å². The van der Waals surface area contributed by atoms with Crippen molar-refractivity contribution in [3.8, 4) is 0 Å². The average Bonchev–Trinajstić information content (AvgIpc) is 2.41. The van der Waals surface area contributed by atoms with Crippen LogP contribution in [0.5, 0.6) is 0 Å². The summed E-state index contributed by atoms with van der Waals surface area (Å²) in [5.41, 5.74) is 5.99. The summed E-state index contributed by atoms with van der Waals surface area (Å²) in [7, 11) is -3.46. The van der Waals surface area contributed by atoms with E-state index in [0.29, 0.717) is 35.6 Å². The number of nitrogens with zero attached hydrogens (tertiary/aromatic N) is 1. The number of piperidine rings is 1. The van der Waals surface area contributed by atoms with Crippen molar-refractivity contribution in [2.24, 2.45) is 11.8 Å². The number of hydrogen-bond donors (Lipinski definition) is 1. The van der Waals surface area contributed by atoms with Gasteiger partial charge in [-0.25, -0.2) is 8.42 Å². The van der Waals surface area contributed by atoms with Crippen LogP contribution in [0.3, 0.4) is 0 Å². The van der Waals surface area contributed by atoms with Gasteiger partial charge < -0.3 is 5.73 Å². The molecule has 0 aromatic heterocycles. The van der Waals surface area contributed by atoms with Crippen LogP contribution in [0.2, 0.25) is 5.02 Å². The molecule has 0 bridgehead atoms. The van der Waals surface area contributed by atoms with E-state index >= 15 is 0 Å². The zero-order chi connectivity index (χ0) is 14.9. The van der Waals surface area contributed by atoms with Gasteiger partial charge in [-0.1, -0.05) is 25.4 Å². The smallest absolute Gasteiger partial charge is 0.243 e. The number of nitrogen functional groups attached to an aromatic ring is 1. The van der Waals surface area contributed by atoms with E-state index in [1.165, 1.54) is 18.2 Å². The molecule has 20 heavy (non-hydrogen) atoms. The van der Waals surface area contributed by atoms with Crippen LogP contribution in [0, 0.1) is 11.8 Å². The summed E-state index contributed by atoms with van der Waals surface area (Å²) in [6, 6.07) is 4.49. The highest BCUT2D eigenvalue weighted by Gasteiger charge is 2.30. The van der Waals surface area contributed by atoms with Gasteiger partial charge in [0.25, 0.3) is 0 Å². The van der Waals surface area contributed by atoms with Crippen LogP contribution < -0.4 is 5.73 Å². The predicted molar refractivity (Wildman–Crippen MR) is 82.2 cm³/mol. The highest BCUT2D eigenvalue weighted by atomic mass is 35.5. The third-order valence-electron chi connectivity index (χ3n) is 4.05. The molecule has 0 spiro atoms. The molecule has 0 saturated carbocycles. The van der Waals surface area contributed by atoms with E-state index in [4.69, 9.17) is 17.3 Å². The fourth-order valence-corrected chi connectivity index (χ4v) is 4.24. The van der Waals surface area contributed by atoms with Crippen molar-refractivity contribution >= 4 is 27.3 Å². The fourth-order valence-electron chi connectivity index (χ4n) is 2.61. The Kier molecular flexibility index (Phi) is 4.62. The lowest BCUT2D eigenvalue weighted by Gasteiger charge is -2.33. The van der Waals surface area contributed by atoms with Crippen molar-refractivity contribution < 1.29 is 8.42 Å². The molecule has 1 heterocycles. The minimum atomic E-state index is -3.46. The van der Waals surface area contributed by atoms with E-state index in [2.05, 4.69) is 13.8 Å². The van der Waals surface area contributed by atoms with E-state index in [1.807, 2.05) is 0 Å². The first kappa shape index (κ1) is 15.6. The number of anilines is 1. The van der Waals surface area contributed by atoms with Crippen molar-refractivity contribution in [3.63, 3.8) is 0 Å². The second kappa shape index (κ2) is 5.92. The molecule has 0 radical (unpaired) electrons. The summed E-state index contributed by atoms with van der Waals surface area (Å²) in [6.07, 6.45) is 1.83. The molecular weight excluding hydrogens is 296 g/mol. The molecule has 6 heteroatoms. The lowest BCUT2D eigenvalue weighted by Crippen LogP contribution is -2.39. The number of halogens is 1. The fraction of sp³-hybridized carbons (Fsp3) is 0.571. The van der Waals surface area contributed by atoms with Crippen molar-refractivity contribution in [2.75, 3.05) is 18.8 Å². The molecule has 0 unspecified atom stereocenters. The molecule has 1 aromatic rings. The van der Waals surface area contributed by atoms with Crippen molar-refractivity contribution in [2.45, 2.75) is 31.6 Å². The van der Waals surface area contributed by atoms with Crippen molar-refractivity contribution in [1.29, 1.82) is 0 Å². The summed E-state index contributed by atoms with van der Waals surface area (Å²) in [5.74, 6) is 1.21. The molecule has 2 N–H and O–H groups in total. The Hall–Kier alpha value is -0.780. The van der Waals surface area contributed by atoms with Crippen LogP contribution in [0.15, 0.2) is 23.1 Å². The van der Waals surface area contributed by atoms with Gasteiger partial charge in [-0.2, -0.15) is 4.31 Å². The normalized spacial score (nSPS) is 18.6. The molecule has 1 aliphatic rings. The third-order valence-corrected chi connectivity index (χ3v) is 6.29. The number of rotatable bonds is 3. The van der Waals surface area contributed by atoms with Crippen molar-refractivity contribution in [1.82, 2.24) is 4.31 Å². The van der Waals surface area contributed by atoms with Gasteiger partial charge in [-0.05, 0) is 42.9 Å². The predicted octanol–water partition coefficient (Wildman–Crippen LogP) is 2.98. The van der Waals surface area contributed by atoms with Gasteiger partial charge in [0, 0.05) is 13.1 Å². The maximum atomic E-state index is 12.6. The van der Waals surface area contributed by atoms with Crippen LogP contribution in [-0.2, 0) is 10.0 Å². The molecule has 112 valence electrons. The summed E-state index contributed by atoms with van der Waals surface area (Å²) >= 11 is 5.84. The largest absolute Gasteiger partial charge is 0.397 e. The van der Waals surface area contributed by atoms with Gasteiger partial charge >= 0.3 is 0 Å². The van der Waals surface area contributed by atoms with Crippen LogP contribution in [0.1, 0.15) is 26.7 Å². The Balaban J connectivity index is 2.17. The SMILES string of the molecule is CC(C)C1CCN(S(=O)(=O)c2ccc(Cl)c(N)c2)CC1. The summed E-state index contributed by atoms with van der Waals surface area (Å²) < 4.78 is 26.7. The van der Waals surface area contributed by atoms with Crippen LogP contribution >= 0.6 is 11.6 Å². The number of nitrogens with two attached hydrogens (primary N) is 1. The standard InChI is InChI=1S/C14H21ClN2O2S/c1-10(2)11-5-7-17(8-6-11)20(18,19)12-3-4-13(15)14(16)9-12/h3-4,9-11H,5-8,16H2,1-2H3. The first-order valence-corrected chi connectivity index (χ1v) is 8.69. The Morgan fingerprint density at radius 3 is 2.40 bits per heavy atom. The molecule has 2 rings (SSSR count). The molecule has 1 aromatic carbocycles. The monoisotopic (exact) mass is 316 g/mol. The third kappa shape index (κ3) is 3.10. The number of sulfonamides is 1. The van der Waals surface area contributed by atoms with E-state index in [9.17, 15) is 8.42 Å². The summed E-state index contributed by atoms with van der Waals surface area (Å²) in [5, 5.41) is 0.377. The average molecular weight is 317 g/mol. The molecule has 4 nitrogen and oxygen atoms in total. The van der Waals surface area contributed by atoms with Gasteiger partial charge in [0.1, 0.15) is 0 Å². The molecule has 0 amide bonds. The van der Waals surface area contributed by atoms with Gasteiger partial charge in [0.05, 0.1) is 15.6 Å². The lowest BCUT2D eigenvalue weighted by molar-refractivity contribution is 0.226.